The number of benzene rings is 1. The molecule has 6 heteroatoms. The summed E-state index contributed by atoms with van der Waals surface area (Å²) in [5, 5.41) is 21.2. The van der Waals surface area contributed by atoms with Gasteiger partial charge in [-0.05, 0) is 17.7 Å². The molecule has 0 atom stereocenters. The number of hydrogen-bond donors (Lipinski definition) is 3. The SMILES string of the molecule is CS(=O)(=O)CCNCc1ccc(O)c(O)c1. The molecule has 0 bridgehead atoms. The largest absolute Gasteiger partial charge is 0.504 e. The van der Waals surface area contributed by atoms with E-state index in [4.69, 9.17) is 5.11 Å². The summed E-state index contributed by atoms with van der Waals surface area (Å²) in [6.07, 6.45) is 1.18. The molecule has 0 spiro atoms. The van der Waals surface area contributed by atoms with Crippen LogP contribution in [0.2, 0.25) is 0 Å². The van der Waals surface area contributed by atoms with E-state index in [9.17, 15) is 13.5 Å². The van der Waals surface area contributed by atoms with Gasteiger partial charge in [0, 0.05) is 19.3 Å². The molecule has 16 heavy (non-hydrogen) atoms. The third-order valence-corrected chi connectivity index (χ3v) is 2.96. The zero-order valence-corrected chi connectivity index (χ0v) is 9.79. The minimum absolute atomic E-state index is 0.0804. The predicted octanol–water partition coefficient (Wildman–Crippen LogP) is 0.232. The summed E-state index contributed by atoms with van der Waals surface area (Å²) in [5.41, 5.74) is 0.781. The molecule has 0 fully saturated rings. The monoisotopic (exact) mass is 245 g/mol. The predicted molar refractivity (Wildman–Crippen MR) is 61.2 cm³/mol. The van der Waals surface area contributed by atoms with E-state index in [1.54, 1.807) is 6.07 Å². The van der Waals surface area contributed by atoms with Gasteiger partial charge in [0.05, 0.1) is 5.75 Å². The zero-order chi connectivity index (χ0) is 12.2. The third-order valence-electron chi connectivity index (χ3n) is 2.02. The molecule has 0 aliphatic rings. The Hall–Kier alpha value is -1.27. The normalized spacial score (nSPS) is 11.6. The second kappa shape index (κ2) is 5.18. The first kappa shape index (κ1) is 12.8. The molecular formula is C10H15NO4S. The molecule has 5 nitrogen and oxygen atoms in total. The molecule has 0 aromatic heterocycles. The van der Waals surface area contributed by atoms with Gasteiger partial charge in [-0.25, -0.2) is 8.42 Å². The number of sulfone groups is 1. The van der Waals surface area contributed by atoms with Crippen molar-refractivity contribution in [3.05, 3.63) is 23.8 Å². The number of hydrogen-bond acceptors (Lipinski definition) is 5. The fraction of sp³-hybridized carbons (Fsp3) is 0.400. The van der Waals surface area contributed by atoms with E-state index in [2.05, 4.69) is 5.32 Å². The van der Waals surface area contributed by atoms with Crippen molar-refractivity contribution in [2.75, 3.05) is 18.6 Å². The molecule has 1 rings (SSSR count). The van der Waals surface area contributed by atoms with Crippen LogP contribution in [0.15, 0.2) is 18.2 Å². The van der Waals surface area contributed by atoms with Crippen LogP contribution in [0.3, 0.4) is 0 Å². The number of aromatic hydroxyl groups is 2. The van der Waals surface area contributed by atoms with Crippen molar-refractivity contribution >= 4 is 9.84 Å². The number of phenolic OH excluding ortho intramolecular Hbond substituents is 2. The maximum absolute atomic E-state index is 10.8. The Kier molecular flexibility index (Phi) is 4.14. The standard InChI is InChI=1S/C10H15NO4S/c1-16(14,15)5-4-11-7-8-2-3-9(12)10(13)6-8/h2-3,6,11-13H,4-5,7H2,1H3. The van der Waals surface area contributed by atoms with Gasteiger partial charge in [0.25, 0.3) is 0 Å². The van der Waals surface area contributed by atoms with Gasteiger partial charge < -0.3 is 15.5 Å². The molecule has 0 saturated heterocycles. The fourth-order valence-corrected chi connectivity index (χ4v) is 1.68. The molecule has 0 saturated carbocycles. The molecule has 0 aliphatic carbocycles. The average molecular weight is 245 g/mol. The van der Waals surface area contributed by atoms with Gasteiger partial charge in [-0.2, -0.15) is 0 Å². The summed E-state index contributed by atoms with van der Waals surface area (Å²) in [7, 11) is -2.95. The maximum atomic E-state index is 10.8. The first-order chi connectivity index (χ1) is 7.38. The molecule has 0 amide bonds. The highest BCUT2D eigenvalue weighted by Crippen LogP contribution is 2.24. The highest BCUT2D eigenvalue weighted by Gasteiger charge is 2.02. The summed E-state index contributed by atoms with van der Waals surface area (Å²) in [5.74, 6) is -0.265. The van der Waals surface area contributed by atoms with Crippen LogP contribution in [0.25, 0.3) is 0 Å². The zero-order valence-electron chi connectivity index (χ0n) is 8.97. The van der Waals surface area contributed by atoms with Gasteiger partial charge in [-0.1, -0.05) is 6.07 Å². The number of rotatable bonds is 5. The highest BCUT2D eigenvalue weighted by molar-refractivity contribution is 7.90. The van der Waals surface area contributed by atoms with Gasteiger partial charge in [-0.15, -0.1) is 0 Å². The van der Waals surface area contributed by atoms with Crippen molar-refractivity contribution in [3.63, 3.8) is 0 Å². The van der Waals surface area contributed by atoms with E-state index in [-0.39, 0.29) is 17.3 Å². The van der Waals surface area contributed by atoms with E-state index in [1.165, 1.54) is 18.4 Å². The lowest BCUT2D eigenvalue weighted by molar-refractivity contribution is 0.403. The van der Waals surface area contributed by atoms with Gasteiger partial charge in [0.1, 0.15) is 9.84 Å². The van der Waals surface area contributed by atoms with Crippen LogP contribution in [0, 0.1) is 0 Å². The first-order valence-electron chi connectivity index (χ1n) is 4.78. The second-order valence-corrected chi connectivity index (χ2v) is 5.89. The van der Waals surface area contributed by atoms with Crippen LogP contribution >= 0.6 is 0 Å². The van der Waals surface area contributed by atoms with Crippen LogP contribution < -0.4 is 5.32 Å². The summed E-state index contributed by atoms with van der Waals surface area (Å²) < 4.78 is 21.7. The Balaban J connectivity index is 2.41. The Labute approximate surface area is 94.7 Å². The van der Waals surface area contributed by atoms with Crippen molar-refractivity contribution < 1.29 is 18.6 Å². The van der Waals surface area contributed by atoms with Gasteiger partial charge in [0.2, 0.25) is 0 Å². The number of nitrogens with one attached hydrogen (secondary N) is 1. The van der Waals surface area contributed by atoms with E-state index in [1.807, 2.05) is 0 Å². The lowest BCUT2D eigenvalue weighted by Crippen LogP contribution is -2.21. The molecule has 1 aromatic rings. The van der Waals surface area contributed by atoms with E-state index >= 15 is 0 Å². The van der Waals surface area contributed by atoms with Crippen LogP contribution in [0.1, 0.15) is 5.56 Å². The van der Waals surface area contributed by atoms with E-state index < -0.39 is 9.84 Å². The summed E-state index contributed by atoms with van der Waals surface area (Å²) >= 11 is 0. The Morgan fingerprint density at radius 1 is 1.25 bits per heavy atom. The highest BCUT2D eigenvalue weighted by atomic mass is 32.2. The minimum Gasteiger partial charge on any atom is -0.504 e. The molecule has 0 aliphatic heterocycles. The Morgan fingerprint density at radius 2 is 1.94 bits per heavy atom. The van der Waals surface area contributed by atoms with Crippen molar-refractivity contribution in [1.82, 2.24) is 5.32 Å². The average Bonchev–Trinajstić information content (AvgIpc) is 2.17. The van der Waals surface area contributed by atoms with Crippen molar-refractivity contribution in [2.24, 2.45) is 0 Å². The molecule has 0 heterocycles. The van der Waals surface area contributed by atoms with Gasteiger partial charge in [0.15, 0.2) is 11.5 Å². The van der Waals surface area contributed by atoms with Crippen LogP contribution in [-0.2, 0) is 16.4 Å². The van der Waals surface area contributed by atoms with Gasteiger partial charge >= 0.3 is 0 Å². The molecule has 3 N–H and O–H groups in total. The maximum Gasteiger partial charge on any atom is 0.157 e. The minimum atomic E-state index is -2.95. The van der Waals surface area contributed by atoms with Crippen molar-refractivity contribution in [3.8, 4) is 11.5 Å². The fourth-order valence-electron chi connectivity index (χ4n) is 1.17. The van der Waals surface area contributed by atoms with Crippen molar-refractivity contribution in [2.45, 2.75) is 6.54 Å². The Bertz CT molecular complexity index is 456. The summed E-state index contributed by atoms with van der Waals surface area (Å²) in [6, 6.07) is 4.48. The molecule has 90 valence electrons. The first-order valence-corrected chi connectivity index (χ1v) is 6.84. The Morgan fingerprint density at radius 3 is 2.50 bits per heavy atom. The molecule has 0 unspecified atom stereocenters. The summed E-state index contributed by atoms with van der Waals surface area (Å²) in [4.78, 5) is 0. The topological polar surface area (TPSA) is 86.6 Å². The van der Waals surface area contributed by atoms with Crippen LogP contribution in [0.5, 0.6) is 11.5 Å². The van der Waals surface area contributed by atoms with E-state index in [0.29, 0.717) is 13.1 Å². The molecule has 1 aromatic carbocycles. The molecule has 0 radical (unpaired) electrons. The number of phenols is 2. The quantitative estimate of drug-likeness (QED) is 0.511. The second-order valence-electron chi connectivity index (χ2n) is 3.63. The van der Waals surface area contributed by atoms with Gasteiger partial charge in [-0.3, -0.25) is 0 Å². The third kappa shape index (κ3) is 4.50. The smallest absolute Gasteiger partial charge is 0.157 e. The van der Waals surface area contributed by atoms with E-state index in [0.717, 1.165) is 5.56 Å². The van der Waals surface area contributed by atoms with Crippen LogP contribution in [0.4, 0.5) is 0 Å². The van der Waals surface area contributed by atoms with Crippen LogP contribution in [-0.4, -0.2) is 37.2 Å². The molecular weight excluding hydrogens is 230 g/mol. The van der Waals surface area contributed by atoms with Crippen molar-refractivity contribution in [1.29, 1.82) is 0 Å². The lowest BCUT2D eigenvalue weighted by Gasteiger charge is -2.05. The summed E-state index contributed by atoms with van der Waals surface area (Å²) in [6.45, 7) is 0.809. The lowest BCUT2D eigenvalue weighted by atomic mass is 10.2.